The number of hydrogen-bond donors (Lipinski definition) is 1. The molecule has 7 rings (SSSR count). The Morgan fingerprint density at radius 1 is 1.13 bits per heavy atom. The van der Waals surface area contributed by atoms with E-state index >= 15 is 0 Å². The van der Waals surface area contributed by atoms with Crippen molar-refractivity contribution in [3.63, 3.8) is 0 Å². The number of pyridine rings is 1. The summed E-state index contributed by atoms with van der Waals surface area (Å²) in [6.45, 7) is 5.09. The molecule has 46 heavy (non-hydrogen) atoms. The number of halogens is 3. The maximum absolute atomic E-state index is 13.1. The summed E-state index contributed by atoms with van der Waals surface area (Å²) < 4.78 is 65.0. The topological polar surface area (TPSA) is 108 Å². The molecule has 13 heteroatoms. The third kappa shape index (κ3) is 5.51. The number of aromatic carboxylic acids is 1. The van der Waals surface area contributed by atoms with E-state index in [1.165, 1.54) is 19.2 Å². The van der Waals surface area contributed by atoms with Gasteiger partial charge in [0.05, 0.1) is 42.9 Å². The van der Waals surface area contributed by atoms with Crippen molar-refractivity contribution in [2.75, 3.05) is 26.8 Å². The number of piperidine rings is 1. The smallest absolute Gasteiger partial charge is 0.417 e. The largest absolute Gasteiger partial charge is 0.494 e. The molecule has 242 valence electrons. The van der Waals surface area contributed by atoms with Crippen molar-refractivity contribution in [2.45, 2.75) is 63.3 Å². The van der Waals surface area contributed by atoms with Crippen LogP contribution in [0.5, 0.6) is 17.2 Å². The van der Waals surface area contributed by atoms with Crippen LogP contribution in [0.3, 0.4) is 0 Å². The highest BCUT2D eigenvalue weighted by Gasteiger charge is 2.43. The molecule has 2 aromatic heterocycles. The van der Waals surface area contributed by atoms with Crippen molar-refractivity contribution >= 4 is 17.0 Å². The minimum Gasteiger partial charge on any atom is -0.494 e. The Morgan fingerprint density at radius 3 is 2.54 bits per heavy atom. The minimum absolute atomic E-state index is 0.0484. The van der Waals surface area contributed by atoms with E-state index in [1.807, 2.05) is 12.1 Å². The zero-order chi connectivity index (χ0) is 32.2. The van der Waals surface area contributed by atoms with Crippen LogP contribution < -0.4 is 14.2 Å². The summed E-state index contributed by atoms with van der Waals surface area (Å²) in [6, 6.07) is 11.1. The lowest BCUT2D eigenvalue weighted by atomic mass is 9.88. The fraction of sp³-hybridized carbons (Fsp3) is 0.424. The van der Waals surface area contributed by atoms with Gasteiger partial charge in [-0.15, -0.1) is 0 Å². The van der Waals surface area contributed by atoms with Crippen molar-refractivity contribution in [2.24, 2.45) is 0 Å². The summed E-state index contributed by atoms with van der Waals surface area (Å²) in [5.41, 5.74) is 1.88. The number of carbonyl (C=O) groups is 1. The molecule has 0 aliphatic carbocycles. The molecule has 0 radical (unpaired) electrons. The van der Waals surface area contributed by atoms with Gasteiger partial charge in [-0.3, -0.25) is 9.88 Å². The number of carboxylic acid groups (broad SMARTS) is 1. The van der Waals surface area contributed by atoms with Crippen LogP contribution in [-0.4, -0.2) is 63.4 Å². The van der Waals surface area contributed by atoms with Crippen molar-refractivity contribution in [1.29, 1.82) is 0 Å². The number of hydrogen-bond acceptors (Lipinski definition) is 8. The lowest BCUT2D eigenvalue weighted by Crippen LogP contribution is -2.35. The average molecular weight is 639 g/mol. The van der Waals surface area contributed by atoms with E-state index in [9.17, 15) is 23.1 Å². The predicted octanol–water partition coefficient (Wildman–Crippen LogP) is 5.97. The van der Waals surface area contributed by atoms with Crippen LogP contribution in [0, 0.1) is 0 Å². The van der Waals surface area contributed by atoms with E-state index in [-0.39, 0.29) is 23.3 Å². The molecule has 0 amide bonds. The van der Waals surface area contributed by atoms with Crippen molar-refractivity contribution in [1.82, 2.24) is 19.4 Å². The first-order valence-electron chi connectivity index (χ1n) is 15.2. The van der Waals surface area contributed by atoms with Crippen LogP contribution in [0.15, 0.2) is 48.7 Å². The van der Waals surface area contributed by atoms with E-state index in [4.69, 9.17) is 23.9 Å². The zero-order valence-electron chi connectivity index (χ0n) is 25.3. The van der Waals surface area contributed by atoms with Crippen molar-refractivity contribution in [3.8, 4) is 17.2 Å². The normalized spacial score (nSPS) is 21.8. The number of nitrogens with zero attached hydrogens (tertiary/aromatic N) is 4. The van der Waals surface area contributed by atoms with Gasteiger partial charge in [0.15, 0.2) is 11.5 Å². The van der Waals surface area contributed by atoms with Gasteiger partial charge in [-0.05, 0) is 68.6 Å². The Kier molecular flexibility index (Phi) is 7.55. The van der Waals surface area contributed by atoms with Crippen LogP contribution in [0.2, 0.25) is 0 Å². The number of ether oxygens (including phenoxy) is 4. The van der Waals surface area contributed by atoms with Gasteiger partial charge in [-0.1, -0.05) is 12.1 Å². The number of alkyl halides is 3. The van der Waals surface area contributed by atoms with Crippen LogP contribution >= 0.6 is 0 Å². The molecular formula is C33H33F3N4O6. The Balaban J connectivity index is 1.08. The van der Waals surface area contributed by atoms with Crippen LogP contribution in [0.25, 0.3) is 11.0 Å². The number of para-hydroxylation sites is 1. The third-order valence-corrected chi connectivity index (χ3v) is 9.10. The second-order valence-electron chi connectivity index (χ2n) is 12.1. The van der Waals surface area contributed by atoms with Gasteiger partial charge < -0.3 is 28.6 Å². The van der Waals surface area contributed by atoms with Crippen LogP contribution in [0.4, 0.5) is 13.2 Å². The highest BCUT2D eigenvalue weighted by molar-refractivity contribution is 5.95. The number of aromatic nitrogens is 3. The first-order valence-corrected chi connectivity index (χ1v) is 15.2. The monoisotopic (exact) mass is 638 g/mol. The molecule has 1 unspecified atom stereocenters. The molecule has 2 saturated heterocycles. The molecule has 3 aliphatic rings. The molecule has 2 atom stereocenters. The van der Waals surface area contributed by atoms with Crippen molar-refractivity contribution < 1.29 is 42.0 Å². The van der Waals surface area contributed by atoms with E-state index in [1.54, 1.807) is 19.1 Å². The number of benzene rings is 2. The number of methoxy groups -OCH3 is 1. The minimum atomic E-state index is -4.48. The van der Waals surface area contributed by atoms with Crippen LogP contribution in [0.1, 0.15) is 65.1 Å². The SMILES string of the molecule is COc1cc(C(=O)O)cc2c1nc(CN1CCC(c3cccc4c3OC(C)(c3ccc(C(F)(F)F)cn3)O4)CC1)n2C[C@@H]1CCO1. The standard InChI is InChI=1S/C33H33F3N4O6/c1-32(27-7-6-21(16-37-27)33(34,35)36)45-25-5-3-4-23(30(25)46-32)19-8-11-39(12-9-19)18-28-38-29-24(40(28)17-22-10-13-44-22)14-20(31(41)42)15-26(29)43-2/h3-7,14-16,19,22H,8-13,17-18H2,1-2H3,(H,41,42)/t22-,32?/m0/s1. The summed E-state index contributed by atoms with van der Waals surface area (Å²) >= 11 is 0. The molecular weight excluding hydrogens is 605 g/mol. The lowest BCUT2D eigenvalue weighted by molar-refractivity contribution is -0.138. The Hall–Kier alpha value is -4.36. The summed E-state index contributed by atoms with van der Waals surface area (Å²) in [7, 11) is 1.51. The van der Waals surface area contributed by atoms with Gasteiger partial charge in [-0.25, -0.2) is 9.78 Å². The highest BCUT2D eigenvalue weighted by Crippen LogP contribution is 2.49. The highest BCUT2D eigenvalue weighted by atomic mass is 19.4. The Morgan fingerprint density at radius 2 is 1.91 bits per heavy atom. The second kappa shape index (κ2) is 11.5. The number of imidazole rings is 1. The first-order chi connectivity index (χ1) is 22.0. The molecule has 4 aromatic rings. The third-order valence-electron chi connectivity index (χ3n) is 9.10. The lowest BCUT2D eigenvalue weighted by Gasteiger charge is -2.33. The Bertz CT molecular complexity index is 1780. The number of carboxylic acids is 1. The van der Waals surface area contributed by atoms with E-state index in [0.717, 1.165) is 56.0 Å². The summed E-state index contributed by atoms with van der Waals surface area (Å²) in [6.07, 6.45) is -1.03. The number of likely N-dealkylation sites (tertiary alicyclic amines) is 1. The van der Waals surface area contributed by atoms with Crippen molar-refractivity contribution in [3.05, 3.63) is 76.9 Å². The molecule has 1 N–H and O–H groups in total. The Labute approximate surface area is 262 Å². The molecule has 2 fully saturated rings. The molecule has 5 heterocycles. The maximum Gasteiger partial charge on any atom is 0.417 e. The van der Waals surface area contributed by atoms with E-state index < -0.39 is 23.5 Å². The molecule has 0 spiro atoms. The van der Waals surface area contributed by atoms with Gasteiger partial charge in [0.1, 0.15) is 22.8 Å². The molecule has 10 nitrogen and oxygen atoms in total. The van der Waals surface area contributed by atoms with E-state index in [2.05, 4.69) is 14.5 Å². The van der Waals surface area contributed by atoms with Crippen LogP contribution in [-0.2, 0) is 29.8 Å². The average Bonchev–Trinajstić information content (AvgIpc) is 3.55. The quantitative estimate of drug-likeness (QED) is 0.250. The van der Waals surface area contributed by atoms with Gasteiger partial charge >= 0.3 is 12.1 Å². The second-order valence-corrected chi connectivity index (χ2v) is 12.1. The number of rotatable bonds is 8. The van der Waals surface area contributed by atoms with E-state index in [0.29, 0.717) is 48.0 Å². The molecule has 0 bridgehead atoms. The number of fused-ring (bicyclic) bond motifs is 2. The summed E-state index contributed by atoms with van der Waals surface area (Å²) in [4.78, 5) is 23.1. The fourth-order valence-electron chi connectivity index (χ4n) is 6.48. The fourth-order valence-corrected chi connectivity index (χ4v) is 6.48. The first kappa shape index (κ1) is 30.3. The van der Waals surface area contributed by atoms with Gasteiger partial charge in [0.2, 0.25) is 0 Å². The molecule has 2 aromatic carbocycles. The maximum atomic E-state index is 13.1. The van der Waals surface area contributed by atoms with Gasteiger partial charge in [-0.2, -0.15) is 13.2 Å². The molecule has 0 saturated carbocycles. The van der Waals surface area contributed by atoms with Gasteiger partial charge in [0.25, 0.3) is 5.79 Å². The predicted molar refractivity (Wildman–Crippen MR) is 159 cm³/mol. The van der Waals surface area contributed by atoms with Gasteiger partial charge in [0, 0.05) is 25.3 Å². The summed E-state index contributed by atoms with van der Waals surface area (Å²) in [5, 5.41) is 9.69. The molecule has 3 aliphatic heterocycles. The summed E-state index contributed by atoms with van der Waals surface area (Å²) in [5.74, 6) is 0.157. The zero-order valence-corrected chi connectivity index (χ0v) is 25.3.